The molecule has 18 heavy (non-hydrogen) atoms. The molecule has 1 heterocycles. The number of aromatic carboxylic acids is 1. The molecule has 0 amide bonds. The van der Waals surface area contributed by atoms with Crippen molar-refractivity contribution >= 4 is 38.9 Å². The van der Waals surface area contributed by atoms with E-state index in [1.54, 1.807) is 23.5 Å². The summed E-state index contributed by atoms with van der Waals surface area (Å²) in [7, 11) is 0. The van der Waals surface area contributed by atoms with E-state index in [-0.39, 0.29) is 5.56 Å². The van der Waals surface area contributed by atoms with Gasteiger partial charge < -0.3 is 15.6 Å². The fourth-order valence-electron chi connectivity index (χ4n) is 1.42. The van der Waals surface area contributed by atoms with Gasteiger partial charge in [0.1, 0.15) is 17.9 Å². The molecule has 1 aromatic heterocycles. The Morgan fingerprint density at radius 3 is 2.83 bits per heavy atom. The molecule has 0 atom stereocenters. The van der Waals surface area contributed by atoms with E-state index in [0.717, 1.165) is 9.35 Å². The monoisotopic (exact) mass is 327 g/mol. The van der Waals surface area contributed by atoms with Gasteiger partial charge in [-0.05, 0) is 40.2 Å². The lowest BCUT2D eigenvalue weighted by molar-refractivity contribution is 0.0692. The second kappa shape index (κ2) is 5.41. The van der Waals surface area contributed by atoms with Gasteiger partial charge in [0.05, 0.1) is 0 Å². The molecule has 94 valence electrons. The maximum Gasteiger partial charge on any atom is 0.339 e. The number of thiophene rings is 1. The Balaban J connectivity index is 2.16. The molecule has 0 saturated carbocycles. The normalized spacial score (nSPS) is 10.3. The van der Waals surface area contributed by atoms with Crippen LogP contribution in [0.4, 0.5) is 5.69 Å². The summed E-state index contributed by atoms with van der Waals surface area (Å²) in [6, 6.07) is 6.51. The van der Waals surface area contributed by atoms with E-state index in [9.17, 15) is 4.79 Å². The van der Waals surface area contributed by atoms with Crippen LogP contribution in [0.25, 0.3) is 0 Å². The summed E-state index contributed by atoms with van der Waals surface area (Å²) in [4.78, 5) is 12.1. The third-order valence-corrected chi connectivity index (χ3v) is 3.90. The highest BCUT2D eigenvalue weighted by atomic mass is 79.9. The van der Waals surface area contributed by atoms with Crippen LogP contribution in [0.15, 0.2) is 34.1 Å². The first-order valence-electron chi connectivity index (χ1n) is 5.05. The number of carboxylic acid groups (broad SMARTS) is 1. The molecule has 4 nitrogen and oxygen atoms in total. The van der Waals surface area contributed by atoms with E-state index in [1.807, 2.05) is 11.4 Å². The summed E-state index contributed by atoms with van der Waals surface area (Å²) in [6.45, 7) is 0.334. The maximum atomic E-state index is 11.0. The first-order valence-corrected chi connectivity index (χ1v) is 6.72. The number of hydrogen-bond acceptors (Lipinski definition) is 4. The van der Waals surface area contributed by atoms with Gasteiger partial charge in [0.2, 0.25) is 0 Å². The summed E-state index contributed by atoms with van der Waals surface area (Å²) in [5.74, 6) is -0.731. The fraction of sp³-hybridized carbons (Fsp3) is 0.0833. The van der Waals surface area contributed by atoms with Crippen molar-refractivity contribution < 1.29 is 14.6 Å². The fourth-order valence-corrected chi connectivity index (χ4v) is 2.78. The predicted molar refractivity (Wildman–Crippen MR) is 74.2 cm³/mol. The van der Waals surface area contributed by atoms with Gasteiger partial charge in [0.15, 0.2) is 0 Å². The number of nitrogens with two attached hydrogens (primary N) is 1. The lowest BCUT2D eigenvalue weighted by Gasteiger charge is -2.08. The van der Waals surface area contributed by atoms with Crippen LogP contribution in [0.5, 0.6) is 5.75 Å². The third-order valence-electron chi connectivity index (χ3n) is 2.23. The SMILES string of the molecule is Nc1ccc(OCc2cc(Br)cs2)c(C(=O)O)c1. The number of carboxylic acids is 1. The van der Waals surface area contributed by atoms with Crippen molar-refractivity contribution in [2.45, 2.75) is 6.61 Å². The molecular weight excluding hydrogens is 318 g/mol. The molecule has 0 saturated heterocycles. The van der Waals surface area contributed by atoms with Crippen LogP contribution in [0.3, 0.4) is 0 Å². The van der Waals surface area contributed by atoms with Crippen LogP contribution in [0.2, 0.25) is 0 Å². The number of carbonyl (C=O) groups is 1. The van der Waals surface area contributed by atoms with Crippen molar-refractivity contribution in [3.63, 3.8) is 0 Å². The van der Waals surface area contributed by atoms with E-state index >= 15 is 0 Å². The second-order valence-corrected chi connectivity index (χ2v) is 5.49. The number of benzene rings is 1. The van der Waals surface area contributed by atoms with Crippen molar-refractivity contribution in [1.82, 2.24) is 0 Å². The van der Waals surface area contributed by atoms with Gasteiger partial charge in [0, 0.05) is 20.4 Å². The molecule has 0 aliphatic carbocycles. The lowest BCUT2D eigenvalue weighted by atomic mass is 10.2. The minimum absolute atomic E-state index is 0.0746. The molecule has 0 radical (unpaired) electrons. The molecule has 0 spiro atoms. The van der Waals surface area contributed by atoms with Crippen molar-refractivity contribution in [1.29, 1.82) is 0 Å². The van der Waals surface area contributed by atoms with E-state index in [4.69, 9.17) is 15.6 Å². The van der Waals surface area contributed by atoms with Gasteiger partial charge in [-0.25, -0.2) is 4.79 Å². The van der Waals surface area contributed by atoms with Crippen LogP contribution in [0, 0.1) is 0 Å². The molecule has 0 fully saturated rings. The highest BCUT2D eigenvalue weighted by Gasteiger charge is 2.12. The average molecular weight is 328 g/mol. The Labute approximate surface area is 116 Å². The van der Waals surface area contributed by atoms with Crippen molar-refractivity contribution in [2.75, 3.05) is 5.73 Å². The minimum atomic E-state index is -1.05. The van der Waals surface area contributed by atoms with Crippen LogP contribution < -0.4 is 10.5 Å². The van der Waals surface area contributed by atoms with Crippen molar-refractivity contribution in [3.05, 3.63) is 44.6 Å². The summed E-state index contributed by atoms with van der Waals surface area (Å²) in [5.41, 5.74) is 6.03. The first kappa shape index (κ1) is 12.9. The standard InChI is InChI=1S/C12H10BrNO3S/c13-7-3-9(18-6-7)5-17-11-2-1-8(14)4-10(11)12(15)16/h1-4,6H,5,14H2,(H,15,16). The van der Waals surface area contributed by atoms with Crippen LogP contribution in [0.1, 0.15) is 15.2 Å². The van der Waals surface area contributed by atoms with E-state index < -0.39 is 5.97 Å². The Hall–Kier alpha value is -1.53. The molecular formula is C12H10BrNO3S. The van der Waals surface area contributed by atoms with Gasteiger partial charge in [-0.15, -0.1) is 11.3 Å². The number of hydrogen-bond donors (Lipinski definition) is 2. The molecule has 0 aliphatic rings. The first-order chi connectivity index (χ1) is 8.56. The molecule has 0 bridgehead atoms. The van der Waals surface area contributed by atoms with E-state index in [0.29, 0.717) is 18.0 Å². The van der Waals surface area contributed by atoms with Crippen molar-refractivity contribution in [3.8, 4) is 5.75 Å². The predicted octanol–water partition coefficient (Wildman–Crippen LogP) is 3.37. The van der Waals surface area contributed by atoms with Gasteiger partial charge in [0.25, 0.3) is 0 Å². The van der Waals surface area contributed by atoms with Gasteiger partial charge >= 0.3 is 5.97 Å². The zero-order valence-corrected chi connectivity index (χ0v) is 11.6. The Morgan fingerprint density at radius 2 is 2.22 bits per heavy atom. The lowest BCUT2D eigenvalue weighted by Crippen LogP contribution is -2.03. The molecule has 0 aliphatic heterocycles. The van der Waals surface area contributed by atoms with Gasteiger partial charge in [-0.3, -0.25) is 0 Å². The minimum Gasteiger partial charge on any atom is -0.487 e. The summed E-state index contributed by atoms with van der Waals surface area (Å²) in [5, 5.41) is 11.0. The Kier molecular flexibility index (Phi) is 3.88. The number of nitrogen functional groups attached to an aromatic ring is 1. The zero-order chi connectivity index (χ0) is 13.1. The number of ether oxygens (including phenoxy) is 1. The number of anilines is 1. The summed E-state index contributed by atoms with van der Waals surface area (Å²) >= 11 is 4.89. The van der Waals surface area contributed by atoms with Gasteiger partial charge in [-0.1, -0.05) is 0 Å². The number of halogens is 1. The number of rotatable bonds is 4. The molecule has 1 aromatic carbocycles. The topological polar surface area (TPSA) is 72.5 Å². The quantitative estimate of drug-likeness (QED) is 0.844. The maximum absolute atomic E-state index is 11.0. The van der Waals surface area contributed by atoms with Crippen molar-refractivity contribution in [2.24, 2.45) is 0 Å². The molecule has 2 aromatic rings. The van der Waals surface area contributed by atoms with Crippen LogP contribution in [-0.2, 0) is 6.61 Å². The third kappa shape index (κ3) is 3.02. The molecule has 0 unspecified atom stereocenters. The van der Waals surface area contributed by atoms with E-state index in [1.165, 1.54) is 6.07 Å². The zero-order valence-electron chi connectivity index (χ0n) is 9.22. The molecule has 6 heteroatoms. The highest BCUT2D eigenvalue weighted by molar-refractivity contribution is 9.10. The second-order valence-electron chi connectivity index (χ2n) is 3.58. The average Bonchev–Trinajstić information content (AvgIpc) is 2.73. The van der Waals surface area contributed by atoms with Crippen LogP contribution >= 0.6 is 27.3 Å². The molecule has 2 rings (SSSR count). The van der Waals surface area contributed by atoms with Gasteiger partial charge in [-0.2, -0.15) is 0 Å². The largest absolute Gasteiger partial charge is 0.487 e. The molecule has 3 N–H and O–H groups in total. The van der Waals surface area contributed by atoms with E-state index in [2.05, 4.69) is 15.9 Å². The summed E-state index contributed by atoms with van der Waals surface area (Å²) < 4.78 is 6.49. The Bertz CT molecular complexity index is 582. The smallest absolute Gasteiger partial charge is 0.339 e. The highest BCUT2D eigenvalue weighted by Crippen LogP contribution is 2.25. The Morgan fingerprint density at radius 1 is 1.44 bits per heavy atom. The summed E-state index contributed by atoms with van der Waals surface area (Å²) in [6.07, 6.45) is 0. The van der Waals surface area contributed by atoms with Crippen LogP contribution in [-0.4, -0.2) is 11.1 Å².